The molecule has 2 aromatic rings. The van der Waals surface area contributed by atoms with E-state index in [0.717, 1.165) is 47.4 Å². The van der Waals surface area contributed by atoms with Crippen molar-refractivity contribution in [1.82, 2.24) is 14.9 Å². The van der Waals surface area contributed by atoms with Gasteiger partial charge in [-0.15, -0.1) is 11.3 Å². The monoisotopic (exact) mass is 455 g/mol. The van der Waals surface area contributed by atoms with Crippen LogP contribution >= 0.6 is 27.3 Å². The minimum atomic E-state index is -0.175. The van der Waals surface area contributed by atoms with Gasteiger partial charge in [0, 0.05) is 40.4 Å². The van der Waals surface area contributed by atoms with E-state index in [2.05, 4.69) is 38.4 Å². The van der Waals surface area contributed by atoms with E-state index in [1.807, 2.05) is 29.3 Å². The maximum atomic E-state index is 13.6. The van der Waals surface area contributed by atoms with E-state index < -0.39 is 0 Å². The molecule has 1 fully saturated rings. The van der Waals surface area contributed by atoms with Crippen LogP contribution in [0.15, 0.2) is 75.8 Å². The zero-order valence-corrected chi connectivity index (χ0v) is 17.6. The Labute approximate surface area is 176 Å². The lowest BCUT2D eigenvalue weighted by atomic mass is 9.78. The van der Waals surface area contributed by atoms with E-state index in [4.69, 9.17) is 4.98 Å². The molecule has 1 aliphatic carbocycles. The highest BCUT2D eigenvalue weighted by Crippen LogP contribution is 2.43. The number of pyridine rings is 1. The molecule has 0 aromatic carbocycles. The van der Waals surface area contributed by atoms with E-state index >= 15 is 0 Å². The minimum absolute atomic E-state index is 0.175. The zero-order chi connectivity index (χ0) is 19.1. The maximum absolute atomic E-state index is 13.6. The van der Waals surface area contributed by atoms with Crippen molar-refractivity contribution < 1.29 is 4.39 Å². The third-order valence-corrected chi connectivity index (χ3v) is 7.12. The van der Waals surface area contributed by atoms with Crippen molar-refractivity contribution in [1.29, 1.82) is 0 Å². The Hall–Kier alpha value is -2.05. The molecule has 2 aromatic heterocycles. The summed E-state index contributed by atoms with van der Waals surface area (Å²) in [5.41, 5.74) is 4.39. The largest absolute Gasteiger partial charge is 0.344 e. The Kier molecular flexibility index (Phi) is 4.77. The van der Waals surface area contributed by atoms with Gasteiger partial charge in [-0.05, 0) is 71.5 Å². The van der Waals surface area contributed by atoms with E-state index in [1.54, 1.807) is 17.5 Å². The number of allylic oxidation sites excluding steroid dienone is 5. The lowest BCUT2D eigenvalue weighted by Gasteiger charge is -2.33. The molecule has 2 aliphatic heterocycles. The van der Waals surface area contributed by atoms with E-state index in [-0.39, 0.29) is 5.83 Å². The second-order valence-corrected chi connectivity index (χ2v) is 9.25. The molecule has 3 aliphatic rings. The summed E-state index contributed by atoms with van der Waals surface area (Å²) in [6.45, 7) is 0.855. The van der Waals surface area contributed by atoms with Gasteiger partial charge in [-0.1, -0.05) is 11.6 Å². The average Bonchev–Trinajstić information content (AvgIpc) is 3.12. The Bertz CT molecular complexity index is 1020. The number of rotatable bonds is 2. The van der Waals surface area contributed by atoms with Gasteiger partial charge in [0.25, 0.3) is 0 Å². The van der Waals surface area contributed by atoms with Crippen LogP contribution in [0.1, 0.15) is 30.2 Å². The molecular formula is C22H19BrFN3S. The molecule has 3 nitrogen and oxygen atoms in total. The van der Waals surface area contributed by atoms with Crippen molar-refractivity contribution in [3.63, 3.8) is 0 Å². The van der Waals surface area contributed by atoms with Gasteiger partial charge in [0.15, 0.2) is 0 Å². The molecule has 0 N–H and O–H groups in total. The fourth-order valence-electron chi connectivity index (χ4n) is 4.15. The van der Waals surface area contributed by atoms with Gasteiger partial charge in [0.1, 0.15) is 5.83 Å². The lowest BCUT2D eigenvalue weighted by molar-refractivity contribution is 0.331. The molecule has 0 saturated heterocycles. The minimum Gasteiger partial charge on any atom is -0.344 e. The van der Waals surface area contributed by atoms with E-state index in [1.165, 1.54) is 16.7 Å². The average molecular weight is 456 g/mol. The van der Waals surface area contributed by atoms with Crippen LogP contribution in [0, 0.1) is 5.92 Å². The predicted octanol–water partition coefficient (Wildman–Crippen LogP) is 6.36. The van der Waals surface area contributed by atoms with Crippen LogP contribution in [0.3, 0.4) is 0 Å². The highest BCUT2D eigenvalue weighted by Gasteiger charge is 2.31. The summed E-state index contributed by atoms with van der Waals surface area (Å²) < 4.78 is 14.6. The van der Waals surface area contributed by atoms with Crippen molar-refractivity contribution in [2.45, 2.75) is 25.2 Å². The third kappa shape index (κ3) is 3.51. The first-order valence-electron chi connectivity index (χ1n) is 9.46. The topological polar surface area (TPSA) is 29.0 Å². The second-order valence-electron chi connectivity index (χ2n) is 7.44. The van der Waals surface area contributed by atoms with Crippen molar-refractivity contribution in [3.05, 3.63) is 80.8 Å². The molecule has 28 heavy (non-hydrogen) atoms. The fourth-order valence-corrected chi connectivity index (χ4v) is 5.34. The fraction of sp³-hybridized carbons (Fsp3) is 0.273. The number of halogens is 2. The first kappa shape index (κ1) is 18.0. The molecule has 2 atom stereocenters. The van der Waals surface area contributed by atoms with Crippen LogP contribution in [0.5, 0.6) is 0 Å². The summed E-state index contributed by atoms with van der Waals surface area (Å²) in [5, 5.41) is 3.30. The Morgan fingerprint density at radius 2 is 2.00 bits per heavy atom. The van der Waals surface area contributed by atoms with Crippen molar-refractivity contribution >= 4 is 27.3 Å². The van der Waals surface area contributed by atoms with Gasteiger partial charge in [0.05, 0.1) is 16.4 Å². The molecule has 0 radical (unpaired) electrons. The first-order valence-corrected chi connectivity index (χ1v) is 11.1. The number of hydrogen-bond acceptors (Lipinski definition) is 4. The predicted molar refractivity (Wildman–Crippen MR) is 114 cm³/mol. The molecule has 0 spiro atoms. The van der Waals surface area contributed by atoms with Crippen molar-refractivity contribution in [2.75, 3.05) is 6.54 Å². The summed E-state index contributed by atoms with van der Waals surface area (Å²) in [6, 6.07) is 3.99. The number of hydrogen-bond donors (Lipinski definition) is 0. The van der Waals surface area contributed by atoms with Gasteiger partial charge in [0.2, 0.25) is 0 Å². The van der Waals surface area contributed by atoms with Crippen LogP contribution in [0.2, 0.25) is 0 Å². The first-order chi connectivity index (χ1) is 13.7. The SMILES string of the molecule is FC1=CN2C[C@H]3CC[C@H](c4nc(-c5ccc(Br)cn5)cs4)CC3=CC=C2C=C1. The molecule has 5 rings (SSSR count). The third-order valence-electron chi connectivity index (χ3n) is 5.64. The molecule has 6 heteroatoms. The number of fused-ring (bicyclic) bond motifs is 2. The molecule has 142 valence electrons. The van der Waals surface area contributed by atoms with Crippen LogP contribution in [0.25, 0.3) is 11.4 Å². The maximum Gasteiger partial charge on any atom is 0.139 e. The van der Waals surface area contributed by atoms with Crippen molar-refractivity contribution in [2.24, 2.45) is 5.92 Å². The van der Waals surface area contributed by atoms with Crippen LogP contribution in [0.4, 0.5) is 4.39 Å². The van der Waals surface area contributed by atoms with Gasteiger partial charge < -0.3 is 4.90 Å². The summed E-state index contributed by atoms with van der Waals surface area (Å²) in [5.74, 6) is 0.757. The number of thiazole rings is 1. The summed E-state index contributed by atoms with van der Waals surface area (Å²) in [6.07, 6.45) is 14.4. The van der Waals surface area contributed by atoms with Crippen LogP contribution in [-0.4, -0.2) is 21.4 Å². The normalized spacial score (nSPS) is 23.9. The highest BCUT2D eigenvalue weighted by molar-refractivity contribution is 9.10. The molecular weight excluding hydrogens is 437 g/mol. The highest BCUT2D eigenvalue weighted by atomic mass is 79.9. The quantitative estimate of drug-likeness (QED) is 0.527. The van der Waals surface area contributed by atoms with Gasteiger partial charge in [-0.3, -0.25) is 4.98 Å². The smallest absolute Gasteiger partial charge is 0.139 e. The molecule has 1 saturated carbocycles. The van der Waals surface area contributed by atoms with Gasteiger partial charge in [-0.2, -0.15) is 0 Å². The number of aromatic nitrogens is 2. The van der Waals surface area contributed by atoms with Gasteiger partial charge >= 0.3 is 0 Å². The lowest BCUT2D eigenvalue weighted by Crippen LogP contribution is -2.28. The van der Waals surface area contributed by atoms with E-state index in [9.17, 15) is 4.39 Å². The van der Waals surface area contributed by atoms with Gasteiger partial charge in [-0.25, -0.2) is 9.37 Å². The Morgan fingerprint density at radius 3 is 2.86 bits per heavy atom. The van der Waals surface area contributed by atoms with Crippen LogP contribution in [-0.2, 0) is 0 Å². The zero-order valence-electron chi connectivity index (χ0n) is 15.2. The van der Waals surface area contributed by atoms with E-state index in [0.29, 0.717) is 11.8 Å². The Morgan fingerprint density at radius 1 is 1.11 bits per heavy atom. The molecule has 0 bridgehead atoms. The summed E-state index contributed by atoms with van der Waals surface area (Å²) >= 11 is 5.16. The summed E-state index contributed by atoms with van der Waals surface area (Å²) in [4.78, 5) is 11.4. The molecule has 4 heterocycles. The number of nitrogens with zero attached hydrogens (tertiary/aromatic N) is 3. The molecule has 0 unspecified atom stereocenters. The van der Waals surface area contributed by atoms with Crippen LogP contribution < -0.4 is 0 Å². The second kappa shape index (κ2) is 7.41. The van der Waals surface area contributed by atoms with Crippen molar-refractivity contribution in [3.8, 4) is 11.4 Å². The molecule has 0 amide bonds. The standard InChI is InChI=1S/C22H19BrFN3S/c23-17-4-8-20(25-10-17)21-13-28-22(26-21)15-1-2-16-11-27-12-18(24)5-7-19(27)6-3-14(16)9-15/h3-8,10,12-13,15-16H,1-2,9,11H2/t15-,16+/m0/s1. The summed E-state index contributed by atoms with van der Waals surface area (Å²) in [7, 11) is 0. The Balaban J connectivity index is 1.35.